The highest BCUT2D eigenvalue weighted by molar-refractivity contribution is 6.01. The van der Waals surface area contributed by atoms with Gasteiger partial charge in [-0.3, -0.25) is 19.8 Å². The Kier molecular flexibility index (Phi) is 5.56. The fourth-order valence-electron chi connectivity index (χ4n) is 3.45. The fraction of sp³-hybridized carbons (Fsp3) is 0.350. The van der Waals surface area contributed by atoms with Crippen molar-refractivity contribution in [3.05, 3.63) is 75.8 Å². The Labute approximate surface area is 147 Å². The van der Waals surface area contributed by atoms with Gasteiger partial charge >= 0.3 is 0 Å². The van der Waals surface area contributed by atoms with Gasteiger partial charge < -0.3 is 0 Å². The van der Waals surface area contributed by atoms with E-state index in [4.69, 9.17) is 0 Å². The Bertz CT molecular complexity index is 738. The standard InChI is InChI=1S/C20H22N2O3/c23-20(18-8-4-5-9-19(18)22(24)25)15-21-12-10-17(11-13-21)14-16-6-2-1-3-7-16/h1-9,17H,10-15H2. The molecule has 2 aromatic carbocycles. The molecule has 0 N–H and O–H groups in total. The Hall–Kier alpha value is -2.53. The van der Waals surface area contributed by atoms with E-state index < -0.39 is 4.92 Å². The third-order valence-electron chi connectivity index (χ3n) is 4.84. The molecule has 1 aliphatic heterocycles. The molecule has 5 nitrogen and oxygen atoms in total. The van der Waals surface area contributed by atoms with Crippen LogP contribution >= 0.6 is 0 Å². The number of likely N-dealkylation sites (tertiary alicyclic amines) is 1. The van der Waals surface area contributed by atoms with Crippen molar-refractivity contribution in [3.8, 4) is 0 Å². The number of benzene rings is 2. The molecule has 0 spiro atoms. The second kappa shape index (κ2) is 8.03. The molecule has 25 heavy (non-hydrogen) atoms. The van der Waals surface area contributed by atoms with Crippen molar-refractivity contribution >= 4 is 11.5 Å². The summed E-state index contributed by atoms with van der Waals surface area (Å²) in [5.41, 5.74) is 1.46. The highest BCUT2D eigenvalue weighted by Gasteiger charge is 2.24. The van der Waals surface area contributed by atoms with Gasteiger partial charge in [-0.05, 0) is 49.9 Å². The summed E-state index contributed by atoms with van der Waals surface area (Å²) in [6.07, 6.45) is 3.19. The maximum absolute atomic E-state index is 12.5. The quantitative estimate of drug-likeness (QED) is 0.457. The molecule has 3 rings (SSSR count). The first-order valence-electron chi connectivity index (χ1n) is 8.66. The van der Waals surface area contributed by atoms with Crippen LogP contribution in [0, 0.1) is 16.0 Å². The van der Waals surface area contributed by atoms with Gasteiger partial charge in [0.15, 0.2) is 5.78 Å². The normalized spacial score (nSPS) is 15.8. The van der Waals surface area contributed by atoms with Crippen molar-refractivity contribution in [3.63, 3.8) is 0 Å². The van der Waals surface area contributed by atoms with E-state index in [1.54, 1.807) is 18.2 Å². The summed E-state index contributed by atoms with van der Waals surface area (Å²) < 4.78 is 0. The van der Waals surface area contributed by atoms with Gasteiger partial charge in [-0.25, -0.2) is 0 Å². The molecule has 0 amide bonds. The van der Waals surface area contributed by atoms with Crippen molar-refractivity contribution < 1.29 is 9.72 Å². The topological polar surface area (TPSA) is 63.5 Å². The number of piperidine rings is 1. The van der Waals surface area contributed by atoms with E-state index in [1.807, 2.05) is 6.07 Å². The summed E-state index contributed by atoms with van der Waals surface area (Å²) >= 11 is 0. The number of Topliss-reactive ketones (excluding diaryl/α,β-unsaturated/α-hetero) is 1. The number of nitro groups is 1. The maximum atomic E-state index is 12.5. The monoisotopic (exact) mass is 338 g/mol. The molecule has 0 aromatic heterocycles. The lowest BCUT2D eigenvalue weighted by Gasteiger charge is -2.31. The van der Waals surface area contributed by atoms with Gasteiger partial charge in [0.05, 0.1) is 17.0 Å². The van der Waals surface area contributed by atoms with Crippen molar-refractivity contribution in [2.24, 2.45) is 5.92 Å². The number of ketones is 1. The van der Waals surface area contributed by atoms with E-state index in [0.29, 0.717) is 5.92 Å². The smallest absolute Gasteiger partial charge is 0.280 e. The van der Waals surface area contributed by atoms with E-state index in [9.17, 15) is 14.9 Å². The highest BCUT2D eigenvalue weighted by atomic mass is 16.6. The molecule has 1 saturated heterocycles. The van der Waals surface area contributed by atoms with Crippen LogP contribution in [-0.4, -0.2) is 35.2 Å². The minimum absolute atomic E-state index is 0.105. The predicted octanol–water partition coefficient (Wildman–Crippen LogP) is 3.73. The van der Waals surface area contributed by atoms with Crippen molar-refractivity contribution in [2.75, 3.05) is 19.6 Å². The molecular weight excluding hydrogens is 316 g/mol. The first-order valence-corrected chi connectivity index (χ1v) is 8.66. The van der Waals surface area contributed by atoms with Crippen LogP contribution in [0.15, 0.2) is 54.6 Å². The number of nitro benzene ring substituents is 1. The van der Waals surface area contributed by atoms with E-state index in [-0.39, 0.29) is 23.6 Å². The molecule has 2 aromatic rings. The first kappa shape index (κ1) is 17.3. The van der Waals surface area contributed by atoms with Gasteiger partial charge in [0.2, 0.25) is 0 Å². The summed E-state index contributed by atoms with van der Waals surface area (Å²) in [5.74, 6) is 0.466. The van der Waals surface area contributed by atoms with E-state index in [1.165, 1.54) is 11.6 Å². The lowest BCUT2D eigenvalue weighted by molar-refractivity contribution is -0.385. The lowest BCUT2D eigenvalue weighted by atomic mass is 9.90. The number of carbonyl (C=O) groups excluding carboxylic acids is 1. The van der Waals surface area contributed by atoms with Crippen molar-refractivity contribution in [2.45, 2.75) is 19.3 Å². The van der Waals surface area contributed by atoms with Crippen LogP contribution in [0.3, 0.4) is 0 Å². The number of para-hydroxylation sites is 1. The minimum atomic E-state index is -0.487. The van der Waals surface area contributed by atoms with Crippen LogP contribution in [0.25, 0.3) is 0 Å². The zero-order valence-electron chi connectivity index (χ0n) is 14.1. The molecule has 0 aliphatic carbocycles. The average Bonchev–Trinajstić information content (AvgIpc) is 2.64. The molecule has 1 fully saturated rings. The summed E-state index contributed by atoms with van der Waals surface area (Å²) in [7, 11) is 0. The van der Waals surface area contributed by atoms with E-state index in [2.05, 4.69) is 29.2 Å². The summed E-state index contributed by atoms with van der Waals surface area (Å²) in [6, 6.07) is 16.7. The molecule has 5 heteroatoms. The number of rotatable bonds is 6. The Morgan fingerprint density at radius 1 is 1.04 bits per heavy atom. The van der Waals surface area contributed by atoms with Gasteiger partial charge in [0.25, 0.3) is 5.69 Å². The molecule has 0 saturated carbocycles. The minimum Gasteiger partial charge on any atom is -0.296 e. The number of hydrogen-bond donors (Lipinski definition) is 0. The SMILES string of the molecule is O=C(CN1CCC(Cc2ccccc2)CC1)c1ccccc1[N+](=O)[O-]. The van der Waals surface area contributed by atoms with Crippen LogP contribution in [0.1, 0.15) is 28.8 Å². The van der Waals surface area contributed by atoms with E-state index >= 15 is 0 Å². The van der Waals surface area contributed by atoms with Gasteiger partial charge in [0, 0.05) is 6.07 Å². The van der Waals surface area contributed by atoms with E-state index in [0.717, 1.165) is 32.4 Å². The van der Waals surface area contributed by atoms with Crippen LogP contribution < -0.4 is 0 Å². The lowest BCUT2D eigenvalue weighted by Crippen LogP contribution is -2.38. The molecule has 0 bridgehead atoms. The van der Waals surface area contributed by atoms with Gasteiger partial charge in [-0.2, -0.15) is 0 Å². The van der Waals surface area contributed by atoms with Gasteiger partial charge in [-0.1, -0.05) is 42.5 Å². The summed E-state index contributed by atoms with van der Waals surface area (Å²) in [6.45, 7) is 1.98. The van der Waals surface area contributed by atoms with Crippen LogP contribution in [0.4, 0.5) is 5.69 Å². The largest absolute Gasteiger partial charge is 0.296 e. The number of hydrogen-bond acceptors (Lipinski definition) is 4. The maximum Gasteiger partial charge on any atom is 0.280 e. The predicted molar refractivity (Wildman–Crippen MR) is 96.7 cm³/mol. The highest BCUT2D eigenvalue weighted by Crippen LogP contribution is 2.23. The van der Waals surface area contributed by atoms with Gasteiger partial charge in [0.1, 0.15) is 0 Å². The Morgan fingerprint density at radius 3 is 2.36 bits per heavy atom. The Morgan fingerprint density at radius 2 is 1.68 bits per heavy atom. The van der Waals surface area contributed by atoms with Crippen LogP contribution in [0.2, 0.25) is 0 Å². The third-order valence-corrected chi connectivity index (χ3v) is 4.84. The molecule has 1 heterocycles. The van der Waals surface area contributed by atoms with Gasteiger partial charge in [-0.15, -0.1) is 0 Å². The average molecular weight is 338 g/mol. The summed E-state index contributed by atoms with van der Waals surface area (Å²) in [5, 5.41) is 11.1. The third kappa shape index (κ3) is 4.51. The second-order valence-electron chi connectivity index (χ2n) is 6.61. The molecule has 130 valence electrons. The zero-order valence-corrected chi connectivity index (χ0v) is 14.1. The fourth-order valence-corrected chi connectivity index (χ4v) is 3.45. The number of nitrogens with zero attached hydrogens (tertiary/aromatic N) is 2. The van der Waals surface area contributed by atoms with Crippen LogP contribution in [0.5, 0.6) is 0 Å². The summed E-state index contributed by atoms with van der Waals surface area (Å²) in [4.78, 5) is 25.2. The first-order chi connectivity index (χ1) is 12.1. The van der Waals surface area contributed by atoms with Crippen molar-refractivity contribution in [1.82, 2.24) is 4.90 Å². The Balaban J connectivity index is 1.54. The van der Waals surface area contributed by atoms with Crippen LogP contribution in [-0.2, 0) is 6.42 Å². The molecule has 0 atom stereocenters. The molecule has 0 radical (unpaired) electrons. The molecule has 1 aliphatic rings. The van der Waals surface area contributed by atoms with Crippen molar-refractivity contribution in [1.29, 1.82) is 0 Å². The molecular formula is C20H22N2O3. The molecule has 0 unspecified atom stereocenters. The zero-order chi connectivity index (χ0) is 17.6. The number of carbonyl (C=O) groups is 1. The second-order valence-corrected chi connectivity index (χ2v) is 6.61.